The third-order valence-corrected chi connectivity index (χ3v) is 3.65. The Labute approximate surface area is 209 Å². The van der Waals surface area contributed by atoms with Crippen LogP contribution >= 0.6 is 0 Å². The summed E-state index contributed by atoms with van der Waals surface area (Å²) in [4.78, 5) is 0. The van der Waals surface area contributed by atoms with Crippen molar-refractivity contribution in [2.45, 2.75) is 121 Å². The van der Waals surface area contributed by atoms with Crippen molar-refractivity contribution < 1.29 is 8.78 Å². The summed E-state index contributed by atoms with van der Waals surface area (Å²) in [7, 11) is 0. The van der Waals surface area contributed by atoms with Gasteiger partial charge in [0.25, 0.3) is 0 Å². The average molecular weight is 474 g/mol. The van der Waals surface area contributed by atoms with E-state index in [1.165, 1.54) is 42.6 Å². The molecule has 0 aromatic heterocycles. The fourth-order valence-corrected chi connectivity index (χ4v) is 1.93. The molecule has 1 rings (SSSR count). The first kappa shape index (κ1) is 45.1. The van der Waals surface area contributed by atoms with Crippen molar-refractivity contribution in [1.29, 1.82) is 0 Å². The zero-order valence-corrected chi connectivity index (χ0v) is 24.4. The van der Waals surface area contributed by atoms with E-state index in [4.69, 9.17) is 0 Å². The Morgan fingerprint density at radius 1 is 0.970 bits per heavy atom. The van der Waals surface area contributed by atoms with Gasteiger partial charge >= 0.3 is 0 Å². The molecule has 1 atom stereocenters. The van der Waals surface area contributed by atoms with E-state index in [9.17, 15) is 8.78 Å². The molecule has 0 aliphatic heterocycles. The summed E-state index contributed by atoms with van der Waals surface area (Å²) in [5.41, 5.74) is 2.91. The Bertz CT molecular complexity index is 405. The molecular formula is C30H61F2N. The number of hydrogen-bond donors (Lipinski definition) is 1. The third-order valence-electron chi connectivity index (χ3n) is 3.65. The minimum absolute atomic E-state index is 0.269. The first-order valence-electron chi connectivity index (χ1n) is 13.0. The van der Waals surface area contributed by atoms with E-state index in [0.717, 1.165) is 19.5 Å². The second-order valence-electron chi connectivity index (χ2n) is 6.46. The lowest BCUT2D eigenvalue weighted by molar-refractivity contribution is 0.291. The van der Waals surface area contributed by atoms with Gasteiger partial charge in [-0.25, -0.2) is 8.78 Å². The van der Waals surface area contributed by atoms with E-state index in [1.54, 1.807) is 6.92 Å². The number of allylic oxidation sites excluding steroid dienone is 7. The number of halogens is 2. The maximum atomic E-state index is 12.7. The molecule has 0 saturated carbocycles. The minimum Gasteiger partial charge on any atom is -0.317 e. The molecule has 0 saturated heterocycles. The van der Waals surface area contributed by atoms with Crippen LogP contribution in [-0.4, -0.2) is 19.3 Å². The highest BCUT2D eigenvalue weighted by Crippen LogP contribution is 2.16. The molecule has 0 fully saturated rings. The molecule has 1 unspecified atom stereocenters. The number of alkyl halides is 1. The van der Waals surface area contributed by atoms with E-state index < -0.39 is 6.17 Å². The van der Waals surface area contributed by atoms with Crippen LogP contribution in [0.25, 0.3) is 0 Å². The van der Waals surface area contributed by atoms with Gasteiger partial charge in [0.15, 0.2) is 0 Å². The molecular weight excluding hydrogens is 412 g/mol. The van der Waals surface area contributed by atoms with Gasteiger partial charge in [-0.3, -0.25) is 0 Å². The summed E-state index contributed by atoms with van der Waals surface area (Å²) in [6.07, 6.45) is 12.6. The normalized spacial score (nSPS) is 12.0. The largest absolute Gasteiger partial charge is 0.317 e. The Kier molecular flexibility index (Phi) is 65.7. The third kappa shape index (κ3) is 53.6. The fraction of sp³-hybridized carbons (Fsp3) is 0.667. The van der Waals surface area contributed by atoms with Crippen molar-refractivity contribution in [1.82, 2.24) is 5.32 Å². The van der Waals surface area contributed by atoms with Crippen LogP contribution in [0, 0.1) is 0 Å². The first-order chi connectivity index (χ1) is 15.8. The molecule has 3 heteroatoms. The summed E-state index contributed by atoms with van der Waals surface area (Å²) in [6.45, 7) is 33.2. The zero-order valence-electron chi connectivity index (χ0n) is 24.4. The maximum Gasteiger partial charge on any atom is 0.118 e. The number of hydrogen-bond acceptors (Lipinski definition) is 1. The summed E-state index contributed by atoms with van der Waals surface area (Å²) in [5, 5.41) is 3.10. The Morgan fingerprint density at radius 2 is 1.36 bits per heavy atom. The number of rotatable bonds is 7. The standard InChI is InChI=1S/C8H18FN.C8H12.C5H7F.C3H8.2C2H6.C2H4/c1-3-5-8(9)6-7-10-4-2;1-7-5-3-4-6-8(7)2;1-3-5(6)4-2;1-3-2;3*1-2/h8,10H,3-7H2,1-2H3;5-6H,3-4H2,1-2H3;3-4H,1H2,2H3;3H2,1-2H3;2*1-2H3;1-2H2/b;;5-4+;;;;. The highest BCUT2D eigenvalue weighted by molar-refractivity contribution is 5.29. The van der Waals surface area contributed by atoms with E-state index in [2.05, 4.69) is 64.9 Å². The predicted octanol–water partition coefficient (Wildman–Crippen LogP) is 11.1. The second kappa shape index (κ2) is 48.1. The highest BCUT2D eigenvalue weighted by atomic mass is 19.1. The summed E-state index contributed by atoms with van der Waals surface area (Å²) < 4.78 is 24.3. The lowest BCUT2D eigenvalue weighted by Crippen LogP contribution is -2.17. The molecule has 0 amide bonds. The van der Waals surface area contributed by atoms with E-state index in [0.29, 0.717) is 12.8 Å². The minimum atomic E-state index is -0.593. The van der Waals surface area contributed by atoms with E-state index in [1.807, 2.05) is 41.5 Å². The van der Waals surface area contributed by atoms with Gasteiger partial charge in [-0.2, -0.15) is 0 Å². The van der Waals surface area contributed by atoms with E-state index in [-0.39, 0.29) is 5.83 Å². The summed E-state index contributed by atoms with van der Waals surface area (Å²) >= 11 is 0. The van der Waals surface area contributed by atoms with Crippen LogP contribution < -0.4 is 5.32 Å². The van der Waals surface area contributed by atoms with Crippen molar-refractivity contribution in [2.24, 2.45) is 0 Å². The van der Waals surface area contributed by atoms with Gasteiger partial charge in [0.05, 0.1) is 0 Å². The van der Waals surface area contributed by atoms with Crippen LogP contribution in [0.3, 0.4) is 0 Å². The molecule has 1 nitrogen and oxygen atoms in total. The van der Waals surface area contributed by atoms with Crippen LogP contribution in [0.5, 0.6) is 0 Å². The van der Waals surface area contributed by atoms with Crippen molar-refractivity contribution in [3.05, 3.63) is 61.0 Å². The second-order valence-corrected chi connectivity index (χ2v) is 6.46. The molecule has 0 heterocycles. The van der Waals surface area contributed by atoms with Crippen molar-refractivity contribution in [2.75, 3.05) is 13.1 Å². The van der Waals surface area contributed by atoms with Crippen LogP contribution in [-0.2, 0) is 0 Å². The smallest absolute Gasteiger partial charge is 0.118 e. The molecule has 0 aromatic rings. The summed E-state index contributed by atoms with van der Waals surface area (Å²) in [5.74, 6) is -0.269. The van der Waals surface area contributed by atoms with Gasteiger partial charge < -0.3 is 5.32 Å². The predicted molar refractivity (Wildman–Crippen MR) is 155 cm³/mol. The quantitative estimate of drug-likeness (QED) is 0.220. The molecule has 0 spiro atoms. The van der Waals surface area contributed by atoms with Crippen molar-refractivity contribution >= 4 is 0 Å². The Hall–Kier alpha value is -1.48. The van der Waals surface area contributed by atoms with Gasteiger partial charge in [-0.05, 0) is 65.6 Å². The van der Waals surface area contributed by atoms with Crippen LogP contribution in [0.2, 0.25) is 0 Å². The highest BCUT2D eigenvalue weighted by Gasteiger charge is 2.02. The topological polar surface area (TPSA) is 12.0 Å². The van der Waals surface area contributed by atoms with Crippen LogP contribution in [0.4, 0.5) is 8.78 Å². The monoisotopic (exact) mass is 473 g/mol. The lowest BCUT2D eigenvalue weighted by Gasteiger charge is -2.05. The van der Waals surface area contributed by atoms with Gasteiger partial charge in [0.2, 0.25) is 0 Å². The van der Waals surface area contributed by atoms with Gasteiger partial charge in [-0.15, -0.1) is 13.2 Å². The molecule has 0 bridgehead atoms. The molecule has 1 aliphatic carbocycles. The summed E-state index contributed by atoms with van der Waals surface area (Å²) in [6, 6.07) is 0. The van der Waals surface area contributed by atoms with Crippen molar-refractivity contribution in [3.63, 3.8) is 0 Å². The number of nitrogens with one attached hydrogen (secondary N) is 1. The van der Waals surface area contributed by atoms with Crippen LogP contribution in [0.1, 0.15) is 115 Å². The molecule has 0 radical (unpaired) electrons. The molecule has 1 N–H and O–H groups in total. The van der Waals surface area contributed by atoms with Gasteiger partial charge in [-0.1, -0.05) is 104 Å². The maximum absolute atomic E-state index is 12.7. The Morgan fingerprint density at radius 3 is 1.58 bits per heavy atom. The molecule has 33 heavy (non-hydrogen) atoms. The van der Waals surface area contributed by atoms with Gasteiger partial charge in [0.1, 0.15) is 12.0 Å². The first-order valence-corrected chi connectivity index (χ1v) is 13.0. The zero-order chi connectivity index (χ0) is 27.5. The SMILES string of the molecule is C=C.C=C/C(F)=C\C.CC.CC.CC1=CCCC=C1C.CCC.CCCC(F)CCNCC. The van der Waals surface area contributed by atoms with Crippen molar-refractivity contribution in [3.8, 4) is 0 Å². The molecule has 200 valence electrons. The van der Waals surface area contributed by atoms with Crippen LogP contribution in [0.15, 0.2) is 61.0 Å². The Balaban J connectivity index is -0.0000000715. The van der Waals surface area contributed by atoms with E-state index >= 15 is 0 Å². The fourth-order valence-electron chi connectivity index (χ4n) is 1.93. The molecule has 1 aliphatic rings. The average Bonchev–Trinajstić information content (AvgIpc) is 2.86. The lowest BCUT2D eigenvalue weighted by atomic mass is 10.0. The molecule has 0 aromatic carbocycles. The van der Waals surface area contributed by atoms with Gasteiger partial charge in [0, 0.05) is 0 Å².